The van der Waals surface area contributed by atoms with E-state index in [4.69, 9.17) is 11.6 Å². The van der Waals surface area contributed by atoms with Crippen LogP contribution in [-0.4, -0.2) is 59.3 Å². The maximum Gasteiger partial charge on any atom is 0.255 e. The van der Waals surface area contributed by atoms with E-state index in [1.807, 2.05) is 49.9 Å². The van der Waals surface area contributed by atoms with Crippen LogP contribution in [0.15, 0.2) is 42.5 Å². The van der Waals surface area contributed by atoms with Crippen molar-refractivity contribution in [2.24, 2.45) is 0 Å². The van der Waals surface area contributed by atoms with Gasteiger partial charge in [-0.05, 0) is 49.7 Å². The van der Waals surface area contributed by atoms with Crippen LogP contribution in [0.2, 0.25) is 5.02 Å². The smallest absolute Gasteiger partial charge is 0.255 e. The molecule has 160 valence electrons. The zero-order chi connectivity index (χ0) is 21.5. The molecule has 0 aliphatic carbocycles. The minimum absolute atomic E-state index is 0.106. The number of carbonyl (C=O) groups excluding carboxylic acids is 2. The summed E-state index contributed by atoms with van der Waals surface area (Å²) in [5, 5.41) is 3.19. The van der Waals surface area contributed by atoms with Crippen molar-refractivity contribution in [3.05, 3.63) is 64.2 Å². The van der Waals surface area contributed by atoms with E-state index < -0.39 is 0 Å². The minimum Gasteiger partial charge on any atom is -0.339 e. The molecule has 3 rings (SSSR count). The molecule has 2 aromatic carbocycles. The van der Waals surface area contributed by atoms with Gasteiger partial charge in [-0.3, -0.25) is 14.5 Å². The number of carbonyl (C=O) groups is 2. The summed E-state index contributed by atoms with van der Waals surface area (Å²) in [6.07, 6.45) is 0. The first-order valence-electron chi connectivity index (χ1n) is 10.3. The number of benzene rings is 2. The molecule has 0 atom stereocenters. The Bertz CT molecular complexity index is 879. The molecule has 0 spiro atoms. The third-order valence-electron chi connectivity index (χ3n) is 5.23. The summed E-state index contributed by atoms with van der Waals surface area (Å²) in [6, 6.07) is 12.7. The molecule has 0 saturated carbocycles. The molecule has 1 saturated heterocycles. The Morgan fingerprint density at radius 1 is 1.07 bits per heavy atom. The summed E-state index contributed by atoms with van der Waals surface area (Å²) in [5.74, 6) is 2.06. The molecule has 7 heteroatoms. The van der Waals surface area contributed by atoms with Gasteiger partial charge in [0.15, 0.2) is 0 Å². The summed E-state index contributed by atoms with van der Waals surface area (Å²) in [6.45, 7) is 8.25. The van der Waals surface area contributed by atoms with Crippen molar-refractivity contribution < 1.29 is 9.59 Å². The van der Waals surface area contributed by atoms with Crippen LogP contribution in [0.4, 0.5) is 5.69 Å². The van der Waals surface area contributed by atoms with E-state index in [0.29, 0.717) is 34.9 Å². The van der Waals surface area contributed by atoms with Crippen LogP contribution in [0.5, 0.6) is 0 Å². The minimum atomic E-state index is -0.199. The van der Waals surface area contributed by atoms with E-state index in [1.165, 1.54) is 17.1 Å². The molecule has 1 aliphatic heterocycles. The molecule has 0 unspecified atom stereocenters. The molecule has 0 radical (unpaired) electrons. The van der Waals surface area contributed by atoms with E-state index in [2.05, 4.69) is 10.2 Å². The number of rotatable bonds is 7. The Morgan fingerprint density at radius 3 is 2.33 bits per heavy atom. The maximum atomic E-state index is 12.6. The van der Waals surface area contributed by atoms with Crippen molar-refractivity contribution in [2.75, 3.05) is 43.0 Å². The Kier molecular flexibility index (Phi) is 8.19. The lowest BCUT2D eigenvalue weighted by Crippen LogP contribution is -2.31. The van der Waals surface area contributed by atoms with Gasteiger partial charge in [-0.15, -0.1) is 0 Å². The number of nitrogens with zero attached hydrogens (tertiary/aromatic N) is 2. The monoisotopic (exact) mass is 445 g/mol. The second-order valence-electron chi connectivity index (χ2n) is 7.21. The highest BCUT2D eigenvalue weighted by molar-refractivity contribution is 7.99. The number of nitrogens with one attached hydrogen (secondary N) is 1. The predicted molar refractivity (Wildman–Crippen MR) is 126 cm³/mol. The number of anilines is 1. The first-order chi connectivity index (χ1) is 14.5. The van der Waals surface area contributed by atoms with Gasteiger partial charge in [0, 0.05) is 55.5 Å². The van der Waals surface area contributed by atoms with Gasteiger partial charge in [0.1, 0.15) is 0 Å². The number of hydrogen-bond acceptors (Lipinski definition) is 4. The van der Waals surface area contributed by atoms with Gasteiger partial charge in [0.2, 0.25) is 0 Å². The summed E-state index contributed by atoms with van der Waals surface area (Å²) in [5.41, 5.74) is 2.81. The lowest BCUT2D eigenvalue weighted by atomic mass is 10.1. The van der Waals surface area contributed by atoms with Crippen LogP contribution in [0, 0.1) is 0 Å². The fourth-order valence-corrected chi connectivity index (χ4v) is 4.67. The molecule has 0 aromatic heterocycles. The zero-order valence-electron chi connectivity index (χ0n) is 17.5. The van der Waals surface area contributed by atoms with Crippen molar-refractivity contribution in [1.29, 1.82) is 0 Å². The van der Waals surface area contributed by atoms with E-state index in [1.54, 1.807) is 23.1 Å². The van der Waals surface area contributed by atoms with E-state index in [-0.39, 0.29) is 11.8 Å². The SMILES string of the molecule is CCN(CC)C(=O)c1ccc(NC(=O)c2ccc(CN3CCSCC3)cc2)cc1Cl. The third kappa shape index (κ3) is 5.78. The Hall–Kier alpha value is -2.02. The van der Waals surface area contributed by atoms with Crippen LogP contribution in [0.1, 0.15) is 40.1 Å². The van der Waals surface area contributed by atoms with E-state index >= 15 is 0 Å². The Labute approximate surface area is 187 Å². The molecule has 1 heterocycles. The van der Waals surface area contributed by atoms with Crippen LogP contribution < -0.4 is 5.32 Å². The van der Waals surface area contributed by atoms with Gasteiger partial charge in [-0.1, -0.05) is 23.7 Å². The fraction of sp³-hybridized carbons (Fsp3) is 0.391. The highest BCUT2D eigenvalue weighted by Gasteiger charge is 2.17. The largest absolute Gasteiger partial charge is 0.339 e. The molecule has 0 bridgehead atoms. The summed E-state index contributed by atoms with van der Waals surface area (Å²) >= 11 is 8.32. The Balaban J connectivity index is 1.62. The third-order valence-corrected chi connectivity index (χ3v) is 6.49. The van der Waals surface area contributed by atoms with Gasteiger partial charge >= 0.3 is 0 Å². The van der Waals surface area contributed by atoms with Crippen LogP contribution in [0.3, 0.4) is 0 Å². The summed E-state index contributed by atoms with van der Waals surface area (Å²) in [7, 11) is 0. The Morgan fingerprint density at radius 2 is 1.73 bits per heavy atom. The van der Waals surface area contributed by atoms with Crippen LogP contribution >= 0.6 is 23.4 Å². The molecule has 2 aromatic rings. The van der Waals surface area contributed by atoms with Crippen molar-refractivity contribution in [1.82, 2.24) is 9.80 Å². The van der Waals surface area contributed by atoms with Gasteiger partial charge in [-0.2, -0.15) is 11.8 Å². The molecular formula is C23H28ClN3O2S. The lowest BCUT2D eigenvalue weighted by Gasteiger charge is -2.26. The number of amides is 2. The van der Waals surface area contributed by atoms with Gasteiger partial charge < -0.3 is 10.2 Å². The molecule has 5 nitrogen and oxygen atoms in total. The van der Waals surface area contributed by atoms with Crippen LogP contribution in [-0.2, 0) is 6.54 Å². The van der Waals surface area contributed by atoms with E-state index in [0.717, 1.165) is 19.6 Å². The topological polar surface area (TPSA) is 52.7 Å². The highest BCUT2D eigenvalue weighted by atomic mass is 35.5. The fourth-order valence-electron chi connectivity index (χ4n) is 3.43. The predicted octanol–water partition coefficient (Wildman–Crippen LogP) is 4.62. The molecule has 1 fully saturated rings. The molecule has 1 aliphatic rings. The quantitative estimate of drug-likeness (QED) is 0.675. The summed E-state index contributed by atoms with van der Waals surface area (Å²) in [4.78, 5) is 29.3. The average Bonchev–Trinajstić information content (AvgIpc) is 2.76. The first kappa shape index (κ1) is 22.7. The molecule has 2 amide bonds. The van der Waals surface area contributed by atoms with Crippen molar-refractivity contribution in [3.63, 3.8) is 0 Å². The zero-order valence-corrected chi connectivity index (χ0v) is 19.1. The maximum absolute atomic E-state index is 12.6. The molecular weight excluding hydrogens is 418 g/mol. The highest BCUT2D eigenvalue weighted by Crippen LogP contribution is 2.23. The number of halogens is 1. The normalized spacial score (nSPS) is 14.4. The van der Waals surface area contributed by atoms with Gasteiger partial charge in [0.25, 0.3) is 11.8 Å². The van der Waals surface area contributed by atoms with Crippen molar-refractivity contribution in [2.45, 2.75) is 20.4 Å². The second kappa shape index (κ2) is 10.8. The van der Waals surface area contributed by atoms with Crippen LogP contribution in [0.25, 0.3) is 0 Å². The lowest BCUT2D eigenvalue weighted by molar-refractivity contribution is 0.0773. The van der Waals surface area contributed by atoms with Crippen molar-refractivity contribution in [3.8, 4) is 0 Å². The van der Waals surface area contributed by atoms with E-state index in [9.17, 15) is 9.59 Å². The number of thioether (sulfide) groups is 1. The standard InChI is InChI=1S/C23H28ClN3O2S/c1-3-27(4-2)23(29)20-10-9-19(15-21(20)24)25-22(28)18-7-5-17(6-8-18)16-26-11-13-30-14-12-26/h5-10,15H,3-4,11-14,16H2,1-2H3,(H,25,28). The molecule has 30 heavy (non-hydrogen) atoms. The first-order valence-corrected chi connectivity index (χ1v) is 11.8. The molecule has 1 N–H and O–H groups in total. The van der Waals surface area contributed by atoms with Gasteiger partial charge in [-0.25, -0.2) is 0 Å². The summed E-state index contributed by atoms with van der Waals surface area (Å²) < 4.78 is 0. The average molecular weight is 446 g/mol. The van der Waals surface area contributed by atoms with Crippen molar-refractivity contribution >= 4 is 40.9 Å². The second-order valence-corrected chi connectivity index (χ2v) is 8.84. The van der Waals surface area contributed by atoms with Gasteiger partial charge in [0.05, 0.1) is 10.6 Å². The number of hydrogen-bond donors (Lipinski definition) is 1.